The second kappa shape index (κ2) is 4.08. The molecule has 0 spiro atoms. The van der Waals surface area contributed by atoms with Crippen molar-refractivity contribution in [3.05, 3.63) is 33.4 Å². The van der Waals surface area contributed by atoms with E-state index in [1.165, 1.54) is 6.92 Å². The van der Waals surface area contributed by atoms with Gasteiger partial charge in [0.15, 0.2) is 5.78 Å². The fourth-order valence-corrected chi connectivity index (χ4v) is 2.02. The molecule has 0 aliphatic carbocycles. The van der Waals surface area contributed by atoms with Crippen LogP contribution in [-0.4, -0.2) is 16.9 Å². The van der Waals surface area contributed by atoms with Gasteiger partial charge >= 0.3 is 5.97 Å². The SMILES string of the molecule is CC(=O)c1c(C)c(C)c(C)c(C)c1C(=O)O. The van der Waals surface area contributed by atoms with E-state index in [1.54, 1.807) is 13.8 Å². The van der Waals surface area contributed by atoms with Crippen LogP contribution in [0.15, 0.2) is 0 Å². The average Bonchev–Trinajstić information content (AvgIpc) is 2.18. The Kier molecular flexibility index (Phi) is 3.17. The molecule has 3 nitrogen and oxygen atoms in total. The molecule has 86 valence electrons. The number of Topliss-reactive ketones (excluding diaryl/α,β-unsaturated/α-hetero) is 1. The molecule has 0 aliphatic rings. The van der Waals surface area contributed by atoms with Gasteiger partial charge in [-0.3, -0.25) is 4.79 Å². The van der Waals surface area contributed by atoms with Gasteiger partial charge in [-0.1, -0.05) is 0 Å². The van der Waals surface area contributed by atoms with E-state index in [0.717, 1.165) is 16.7 Å². The molecule has 0 amide bonds. The van der Waals surface area contributed by atoms with Crippen LogP contribution in [0.3, 0.4) is 0 Å². The highest BCUT2D eigenvalue weighted by Gasteiger charge is 2.22. The quantitative estimate of drug-likeness (QED) is 0.780. The van der Waals surface area contributed by atoms with Gasteiger partial charge < -0.3 is 5.11 Å². The van der Waals surface area contributed by atoms with Gasteiger partial charge in [-0.15, -0.1) is 0 Å². The second-order valence-corrected chi connectivity index (χ2v) is 4.11. The van der Waals surface area contributed by atoms with Crippen LogP contribution < -0.4 is 0 Å². The molecule has 0 radical (unpaired) electrons. The minimum absolute atomic E-state index is 0.146. The number of hydrogen-bond donors (Lipinski definition) is 1. The molecule has 1 rings (SSSR count). The van der Waals surface area contributed by atoms with Gasteiger partial charge in [0, 0.05) is 5.56 Å². The molecule has 3 heteroatoms. The number of rotatable bonds is 2. The van der Waals surface area contributed by atoms with Gasteiger partial charge in [0.25, 0.3) is 0 Å². The van der Waals surface area contributed by atoms with Crippen LogP contribution in [0, 0.1) is 27.7 Å². The van der Waals surface area contributed by atoms with Gasteiger partial charge in [-0.05, 0) is 56.9 Å². The van der Waals surface area contributed by atoms with Gasteiger partial charge in [-0.25, -0.2) is 4.79 Å². The van der Waals surface area contributed by atoms with Crippen molar-refractivity contribution in [3.63, 3.8) is 0 Å². The highest BCUT2D eigenvalue weighted by Crippen LogP contribution is 2.26. The summed E-state index contributed by atoms with van der Waals surface area (Å²) in [6.07, 6.45) is 0. The lowest BCUT2D eigenvalue weighted by atomic mass is 9.87. The Labute approximate surface area is 95.1 Å². The standard InChI is InChI=1S/C13H16O3/c1-6-7(2)9(4)12(13(15)16)11(8(6)3)10(5)14/h1-5H3,(H,15,16). The molecule has 1 aromatic carbocycles. The van der Waals surface area contributed by atoms with Crippen LogP contribution in [0.25, 0.3) is 0 Å². The van der Waals surface area contributed by atoms with Crippen LogP contribution in [0.2, 0.25) is 0 Å². The normalized spacial score (nSPS) is 10.3. The molecule has 1 aromatic rings. The Balaban J connectivity index is 3.83. The topological polar surface area (TPSA) is 54.4 Å². The molecule has 0 fully saturated rings. The minimum atomic E-state index is -1.03. The Morgan fingerprint density at radius 1 is 0.812 bits per heavy atom. The lowest BCUT2D eigenvalue weighted by molar-refractivity contribution is 0.0691. The van der Waals surface area contributed by atoms with Crippen molar-refractivity contribution in [2.24, 2.45) is 0 Å². The summed E-state index contributed by atoms with van der Waals surface area (Å²) in [6, 6.07) is 0. The van der Waals surface area contributed by atoms with Crippen molar-refractivity contribution in [3.8, 4) is 0 Å². The van der Waals surface area contributed by atoms with Crippen LogP contribution in [0.1, 0.15) is 49.9 Å². The summed E-state index contributed by atoms with van der Waals surface area (Å²) in [5, 5.41) is 9.18. The van der Waals surface area contributed by atoms with E-state index in [1.807, 2.05) is 13.8 Å². The predicted molar refractivity (Wildman–Crippen MR) is 62.4 cm³/mol. The Morgan fingerprint density at radius 2 is 1.19 bits per heavy atom. The van der Waals surface area contributed by atoms with Crippen molar-refractivity contribution >= 4 is 11.8 Å². The number of carbonyl (C=O) groups is 2. The van der Waals surface area contributed by atoms with E-state index < -0.39 is 5.97 Å². The van der Waals surface area contributed by atoms with E-state index in [-0.39, 0.29) is 11.3 Å². The van der Waals surface area contributed by atoms with Crippen LogP contribution in [0.4, 0.5) is 0 Å². The maximum absolute atomic E-state index is 11.5. The van der Waals surface area contributed by atoms with E-state index in [4.69, 9.17) is 0 Å². The van der Waals surface area contributed by atoms with Gasteiger partial charge in [0.05, 0.1) is 5.56 Å². The summed E-state index contributed by atoms with van der Waals surface area (Å²) in [4.78, 5) is 22.8. The fraction of sp³-hybridized carbons (Fsp3) is 0.385. The van der Waals surface area contributed by atoms with Crippen molar-refractivity contribution in [2.45, 2.75) is 34.6 Å². The zero-order chi connectivity index (χ0) is 12.6. The van der Waals surface area contributed by atoms with E-state index in [0.29, 0.717) is 11.1 Å². The lowest BCUT2D eigenvalue weighted by Gasteiger charge is -2.16. The van der Waals surface area contributed by atoms with Gasteiger partial charge in [-0.2, -0.15) is 0 Å². The van der Waals surface area contributed by atoms with Crippen molar-refractivity contribution in [1.29, 1.82) is 0 Å². The molecule has 16 heavy (non-hydrogen) atoms. The smallest absolute Gasteiger partial charge is 0.336 e. The van der Waals surface area contributed by atoms with E-state index in [2.05, 4.69) is 0 Å². The summed E-state index contributed by atoms with van der Waals surface area (Å²) < 4.78 is 0. The molecule has 0 atom stereocenters. The number of carboxylic acids is 1. The van der Waals surface area contributed by atoms with Crippen molar-refractivity contribution in [1.82, 2.24) is 0 Å². The lowest BCUT2D eigenvalue weighted by Crippen LogP contribution is -2.13. The Hall–Kier alpha value is -1.64. The van der Waals surface area contributed by atoms with E-state index in [9.17, 15) is 14.7 Å². The number of aromatic carboxylic acids is 1. The Bertz CT molecular complexity index is 440. The minimum Gasteiger partial charge on any atom is -0.478 e. The zero-order valence-corrected chi connectivity index (χ0v) is 10.3. The first-order valence-corrected chi connectivity index (χ1v) is 5.13. The number of carbonyl (C=O) groups excluding carboxylic acids is 1. The van der Waals surface area contributed by atoms with Crippen LogP contribution >= 0.6 is 0 Å². The summed E-state index contributed by atoms with van der Waals surface area (Å²) >= 11 is 0. The van der Waals surface area contributed by atoms with Crippen molar-refractivity contribution < 1.29 is 14.7 Å². The summed E-state index contributed by atoms with van der Waals surface area (Å²) in [7, 11) is 0. The van der Waals surface area contributed by atoms with Gasteiger partial charge in [0.2, 0.25) is 0 Å². The summed E-state index contributed by atoms with van der Waals surface area (Å²) in [5.74, 6) is -1.23. The predicted octanol–water partition coefficient (Wildman–Crippen LogP) is 2.82. The van der Waals surface area contributed by atoms with Crippen LogP contribution in [0.5, 0.6) is 0 Å². The molecular weight excluding hydrogens is 204 g/mol. The largest absolute Gasteiger partial charge is 0.478 e. The third-order valence-electron chi connectivity index (χ3n) is 3.25. The molecule has 0 heterocycles. The third-order valence-corrected chi connectivity index (χ3v) is 3.25. The molecular formula is C13H16O3. The van der Waals surface area contributed by atoms with Crippen molar-refractivity contribution in [2.75, 3.05) is 0 Å². The monoisotopic (exact) mass is 220 g/mol. The third kappa shape index (κ3) is 1.73. The van der Waals surface area contributed by atoms with Crippen LogP contribution in [-0.2, 0) is 0 Å². The highest BCUT2D eigenvalue weighted by molar-refractivity contribution is 6.07. The zero-order valence-electron chi connectivity index (χ0n) is 10.3. The number of carboxylic acid groups (broad SMARTS) is 1. The molecule has 0 aromatic heterocycles. The maximum atomic E-state index is 11.5. The second-order valence-electron chi connectivity index (χ2n) is 4.11. The molecule has 1 N–H and O–H groups in total. The fourth-order valence-electron chi connectivity index (χ4n) is 2.02. The first-order valence-electron chi connectivity index (χ1n) is 5.13. The first-order chi connectivity index (χ1) is 7.29. The molecule has 0 saturated carbocycles. The van der Waals surface area contributed by atoms with Gasteiger partial charge in [0.1, 0.15) is 0 Å². The van der Waals surface area contributed by atoms with E-state index >= 15 is 0 Å². The Morgan fingerprint density at radius 3 is 1.50 bits per heavy atom. The molecule has 0 unspecified atom stereocenters. The average molecular weight is 220 g/mol. The molecule has 0 aliphatic heterocycles. The maximum Gasteiger partial charge on any atom is 0.336 e. The number of ketones is 1. The summed E-state index contributed by atoms with van der Waals surface area (Å²) in [5.41, 5.74) is 3.88. The highest BCUT2D eigenvalue weighted by atomic mass is 16.4. The number of hydrogen-bond acceptors (Lipinski definition) is 2. The molecule has 0 bridgehead atoms. The number of benzene rings is 1. The first kappa shape index (κ1) is 12.4. The summed E-state index contributed by atoms with van der Waals surface area (Å²) in [6.45, 7) is 8.75. The molecule has 0 saturated heterocycles.